The van der Waals surface area contributed by atoms with Gasteiger partial charge in [0.15, 0.2) is 0 Å². The molecule has 11 nitrogen and oxygen atoms in total. The smallest absolute Gasteiger partial charge is 0.271 e. The van der Waals surface area contributed by atoms with Gasteiger partial charge in [0.2, 0.25) is 21.8 Å². The Morgan fingerprint density at radius 1 is 1.20 bits per heavy atom. The maximum Gasteiger partial charge on any atom is 0.271 e. The van der Waals surface area contributed by atoms with E-state index < -0.39 is 39.3 Å². The summed E-state index contributed by atoms with van der Waals surface area (Å²) in [5, 5.41) is 14.0. The van der Waals surface area contributed by atoms with Crippen LogP contribution in [0.15, 0.2) is 42.5 Å². The molecule has 2 aromatic rings. The standard InChI is InChI=1S/C23H30N4O7S/c1-6-24-23(29)17(3)25(14-18-10-8-7-9-16(18)2)22(28)15-26(35(5,32)33)20-13-19(27(30)31)11-12-21(20)34-4/h7-13,17H,6,14-15H2,1-5H3,(H,24,29). The van der Waals surface area contributed by atoms with Gasteiger partial charge in [-0.05, 0) is 38.0 Å². The topological polar surface area (TPSA) is 139 Å². The number of likely N-dealkylation sites (N-methyl/N-ethyl adjacent to an activating group) is 1. The molecule has 12 heteroatoms. The van der Waals surface area contributed by atoms with Crippen LogP contribution in [0.5, 0.6) is 5.75 Å². The van der Waals surface area contributed by atoms with E-state index in [1.165, 1.54) is 24.1 Å². The SMILES string of the molecule is CCNC(=O)C(C)N(Cc1ccccc1C)C(=O)CN(c1cc([N+](=O)[O-])ccc1OC)S(C)(=O)=O. The van der Waals surface area contributed by atoms with Crippen molar-refractivity contribution >= 4 is 33.2 Å². The summed E-state index contributed by atoms with van der Waals surface area (Å²) in [7, 11) is -2.79. The van der Waals surface area contributed by atoms with Gasteiger partial charge in [0.1, 0.15) is 24.0 Å². The highest BCUT2D eigenvalue weighted by molar-refractivity contribution is 7.92. The predicted octanol–water partition coefficient (Wildman–Crippen LogP) is 2.23. The highest BCUT2D eigenvalue weighted by Gasteiger charge is 2.32. The molecule has 0 aliphatic carbocycles. The number of nitrogens with one attached hydrogen (secondary N) is 1. The molecule has 2 rings (SSSR count). The van der Waals surface area contributed by atoms with Crippen LogP contribution in [0.4, 0.5) is 11.4 Å². The van der Waals surface area contributed by atoms with E-state index in [2.05, 4.69) is 5.32 Å². The molecule has 0 heterocycles. The van der Waals surface area contributed by atoms with E-state index in [-0.39, 0.29) is 23.7 Å². The number of anilines is 1. The van der Waals surface area contributed by atoms with Crippen LogP contribution in [0.2, 0.25) is 0 Å². The first kappa shape index (κ1) is 27.6. The monoisotopic (exact) mass is 506 g/mol. The predicted molar refractivity (Wildman–Crippen MR) is 132 cm³/mol. The minimum Gasteiger partial charge on any atom is -0.495 e. The van der Waals surface area contributed by atoms with Crippen molar-refractivity contribution in [1.82, 2.24) is 10.2 Å². The van der Waals surface area contributed by atoms with E-state index >= 15 is 0 Å². The van der Waals surface area contributed by atoms with E-state index in [0.717, 1.165) is 27.8 Å². The van der Waals surface area contributed by atoms with Crippen LogP contribution in [-0.2, 0) is 26.2 Å². The third kappa shape index (κ3) is 6.92. The number of carbonyl (C=O) groups is 2. The van der Waals surface area contributed by atoms with E-state index in [0.29, 0.717) is 6.54 Å². The Hall–Kier alpha value is -3.67. The lowest BCUT2D eigenvalue weighted by Crippen LogP contribution is -2.51. The summed E-state index contributed by atoms with van der Waals surface area (Å²) in [5.41, 5.74) is 1.16. The first-order valence-electron chi connectivity index (χ1n) is 10.8. The summed E-state index contributed by atoms with van der Waals surface area (Å²) in [6.07, 6.45) is 0.886. The number of methoxy groups -OCH3 is 1. The molecule has 1 unspecified atom stereocenters. The Balaban J connectivity index is 2.53. The average Bonchev–Trinajstić information content (AvgIpc) is 2.80. The maximum atomic E-state index is 13.5. The fourth-order valence-electron chi connectivity index (χ4n) is 3.46. The summed E-state index contributed by atoms with van der Waals surface area (Å²) < 4.78 is 31.4. The number of sulfonamides is 1. The zero-order chi connectivity index (χ0) is 26.3. The van der Waals surface area contributed by atoms with Gasteiger partial charge < -0.3 is 15.0 Å². The van der Waals surface area contributed by atoms with Crippen LogP contribution in [0, 0.1) is 17.0 Å². The zero-order valence-electron chi connectivity index (χ0n) is 20.3. The Labute approximate surface area is 204 Å². The molecule has 35 heavy (non-hydrogen) atoms. The van der Waals surface area contributed by atoms with Crippen LogP contribution >= 0.6 is 0 Å². The number of nitro benzene ring substituents is 1. The summed E-state index contributed by atoms with van der Waals surface area (Å²) in [6.45, 7) is 4.90. The van der Waals surface area contributed by atoms with Crippen molar-refractivity contribution < 1.29 is 27.7 Å². The fourth-order valence-corrected chi connectivity index (χ4v) is 4.30. The number of nitrogens with zero attached hydrogens (tertiary/aromatic N) is 3. The molecule has 2 amide bonds. The number of hydrogen-bond acceptors (Lipinski definition) is 7. The minimum atomic E-state index is -4.08. The number of rotatable bonds is 11. The van der Waals surface area contributed by atoms with Crippen molar-refractivity contribution in [3.8, 4) is 5.75 Å². The first-order valence-corrected chi connectivity index (χ1v) is 12.7. The van der Waals surface area contributed by atoms with Crippen molar-refractivity contribution in [2.24, 2.45) is 0 Å². The van der Waals surface area contributed by atoms with Crippen molar-refractivity contribution in [3.63, 3.8) is 0 Å². The van der Waals surface area contributed by atoms with E-state index in [9.17, 15) is 28.1 Å². The molecular formula is C23H30N4O7S. The molecule has 0 bridgehead atoms. The van der Waals surface area contributed by atoms with E-state index in [1.54, 1.807) is 19.9 Å². The fraction of sp³-hybridized carbons (Fsp3) is 0.391. The van der Waals surface area contributed by atoms with Crippen molar-refractivity contribution in [1.29, 1.82) is 0 Å². The molecular weight excluding hydrogens is 476 g/mol. The molecule has 1 N–H and O–H groups in total. The van der Waals surface area contributed by atoms with Gasteiger partial charge in [-0.3, -0.25) is 24.0 Å². The summed E-state index contributed by atoms with van der Waals surface area (Å²) >= 11 is 0. The maximum absolute atomic E-state index is 13.5. The number of nitro groups is 1. The van der Waals surface area contributed by atoms with Crippen LogP contribution in [-0.4, -0.2) is 62.6 Å². The number of carbonyl (C=O) groups excluding carboxylic acids is 2. The van der Waals surface area contributed by atoms with Gasteiger partial charge in [0, 0.05) is 25.2 Å². The number of ether oxygens (including phenoxy) is 1. The second kappa shape index (κ2) is 11.6. The van der Waals surface area contributed by atoms with Gasteiger partial charge in [-0.2, -0.15) is 0 Å². The van der Waals surface area contributed by atoms with Crippen molar-refractivity contribution in [2.45, 2.75) is 33.4 Å². The number of aryl methyl sites for hydroxylation is 1. The summed E-state index contributed by atoms with van der Waals surface area (Å²) in [4.78, 5) is 38.0. The number of benzene rings is 2. The highest BCUT2D eigenvalue weighted by Crippen LogP contribution is 2.33. The van der Waals surface area contributed by atoms with Crippen molar-refractivity contribution in [2.75, 3.05) is 30.8 Å². The molecule has 0 saturated heterocycles. The molecule has 0 aliphatic heterocycles. The lowest BCUT2D eigenvalue weighted by molar-refractivity contribution is -0.384. The lowest BCUT2D eigenvalue weighted by Gasteiger charge is -2.32. The largest absolute Gasteiger partial charge is 0.495 e. The molecule has 0 radical (unpaired) electrons. The van der Waals surface area contributed by atoms with Crippen LogP contribution in [0.1, 0.15) is 25.0 Å². The molecule has 1 atom stereocenters. The molecule has 190 valence electrons. The molecule has 0 spiro atoms. The first-order chi connectivity index (χ1) is 16.4. The summed E-state index contributed by atoms with van der Waals surface area (Å²) in [5.74, 6) is -1.02. The second-order valence-corrected chi connectivity index (χ2v) is 9.81. The Morgan fingerprint density at radius 3 is 2.40 bits per heavy atom. The Morgan fingerprint density at radius 2 is 1.86 bits per heavy atom. The van der Waals surface area contributed by atoms with Gasteiger partial charge in [-0.25, -0.2) is 8.42 Å². The van der Waals surface area contributed by atoms with Crippen LogP contribution in [0.25, 0.3) is 0 Å². The normalized spacial score (nSPS) is 11.9. The number of amides is 2. The van der Waals surface area contributed by atoms with E-state index in [1.807, 2.05) is 25.1 Å². The zero-order valence-corrected chi connectivity index (χ0v) is 21.2. The summed E-state index contributed by atoms with van der Waals surface area (Å²) in [6, 6.07) is 9.90. The molecule has 0 aliphatic rings. The molecule has 2 aromatic carbocycles. The molecule has 0 fully saturated rings. The second-order valence-electron chi connectivity index (χ2n) is 7.90. The Bertz CT molecular complexity index is 1200. The van der Waals surface area contributed by atoms with Crippen LogP contribution < -0.4 is 14.4 Å². The minimum absolute atomic E-state index is 0.0380. The van der Waals surface area contributed by atoms with Gasteiger partial charge in [-0.15, -0.1) is 0 Å². The third-order valence-electron chi connectivity index (χ3n) is 5.44. The average molecular weight is 507 g/mol. The van der Waals surface area contributed by atoms with Crippen molar-refractivity contribution in [3.05, 3.63) is 63.7 Å². The quantitative estimate of drug-likeness (QED) is 0.364. The van der Waals surface area contributed by atoms with Gasteiger partial charge >= 0.3 is 0 Å². The van der Waals surface area contributed by atoms with Gasteiger partial charge in [-0.1, -0.05) is 24.3 Å². The number of non-ortho nitro benzene ring substituents is 1. The molecule has 0 aromatic heterocycles. The third-order valence-corrected chi connectivity index (χ3v) is 6.57. The molecule has 0 saturated carbocycles. The highest BCUT2D eigenvalue weighted by atomic mass is 32.2. The number of hydrogen-bond donors (Lipinski definition) is 1. The lowest BCUT2D eigenvalue weighted by atomic mass is 10.1. The van der Waals surface area contributed by atoms with Crippen LogP contribution in [0.3, 0.4) is 0 Å². The Kier molecular flexibility index (Phi) is 9.18. The van der Waals surface area contributed by atoms with Gasteiger partial charge in [0.25, 0.3) is 5.69 Å². The van der Waals surface area contributed by atoms with Gasteiger partial charge in [0.05, 0.1) is 18.3 Å². The van der Waals surface area contributed by atoms with E-state index in [4.69, 9.17) is 4.74 Å².